The molecule has 3 aliphatic rings. The van der Waals surface area contributed by atoms with Crippen LogP contribution < -0.4 is 0 Å². The number of aryl methyl sites for hydroxylation is 1. The highest BCUT2D eigenvalue weighted by Gasteiger charge is 2.60. The van der Waals surface area contributed by atoms with E-state index in [1.807, 2.05) is 12.1 Å². The number of carboxylic acids is 1. The SMILES string of the molecule is Cc1cc2c(cc1C13CCC(=CCc4ccc(C(=O)O)cc4)C1C3)C(C)(C)CCC2(C)C. The van der Waals surface area contributed by atoms with Gasteiger partial charge in [0.1, 0.15) is 0 Å². The van der Waals surface area contributed by atoms with Crippen molar-refractivity contribution in [3.63, 3.8) is 0 Å². The van der Waals surface area contributed by atoms with Crippen molar-refractivity contribution in [2.24, 2.45) is 5.92 Å². The monoisotopic (exact) mass is 428 g/mol. The smallest absolute Gasteiger partial charge is 0.335 e. The molecule has 2 atom stereocenters. The van der Waals surface area contributed by atoms with Crippen molar-refractivity contribution in [2.75, 3.05) is 0 Å². The normalized spacial score (nSPS) is 28.3. The third-order valence-electron chi connectivity index (χ3n) is 8.92. The molecule has 1 N–H and O–H groups in total. The number of carboxylic acid groups (broad SMARTS) is 1. The molecule has 3 aliphatic carbocycles. The number of aromatic carboxylic acids is 1. The fourth-order valence-electron chi connectivity index (χ4n) is 6.58. The van der Waals surface area contributed by atoms with Gasteiger partial charge in [0.2, 0.25) is 0 Å². The molecule has 0 bridgehead atoms. The molecular weight excluding hydrogens is 392 g/mol. The average molecular weight is 429 g/mol. The second-order valence-electron chi connectivity index (χ2n) is 11.9. The molecule has 2 nitrogen and oxygen atoms in total. The number of hydrogen-bond acceptors (Lipinski definition) is 1. The lowest BCUT2D eigenvalue weighted by molar-refractivity contribution is 0.0697. The summed E-state index contributed by atoms with van der Waals surface area (Å²) in [6, 6.07) is 12.5. The van der Waals surface area contributed by atoms with Crippen LogP contribution in [0.15, 0.2) is 48.0 Å². The maximum atomic E-state index is 11.1. The van der Waals surface area contributed by atoms with Crippen LogP contribution in [0.25, 0.3) is 0 Å². The molecule has 0 spiro atoms. The van der Waals surface area contributed by atoms with Gasteiger partial charge in [0.15, 0.2) is 0 Å². The van der Waals surface area contributed by atoms with Crippen molar-refractivity contribution >= 4 is 5.97 Å². The Kier molecular flexibility index (Phi) is 4.75. The van der Waals surface area contributed by atoms with Gasteiger partial charge in [-0.2, -0.15) is 0 Å². The first-order valence-electron chi connectivity index (χ1n) is 12.2. The maximum Gasteiger partial charge on any atom is 0.335 e. The van der Waals surface area contributed by atoms with Crippen molar-refractivity contribution < 1.29 is 9.90 Å². The summed E-state index contributed by atoms with van der Waals surface area (Å²) in [7, 11) is 0. The number of allylic oxidation sites excluding steroid dienone is 2. The largest absolute Gasteiger partial charge is 0.478 e. The molecule has 2 unspecified atom stereocenters. The molecule has 2 aromatic rings. The van der Waals surface area contributed by atoms with Crippen LogP contribution in [0.5, 0.6) is 0 Å². The summed E-state index contributed by atoms with van der Waals surface area (Å²) >= 11 is 0. The summed E-state index contributed by atoms with van der Waals surface area (Å²) in [6.07, 6.45) is 9.61. The molecule has 0 amide bonds. The number of rotatable bonds is 4. The lowest BCUT2D eigenvalue weighted by Crippen LogP contribution is -2.34. The molecule has 2 heteroatoms. The summed E-state index contributed by atoms with van der Waals surface area (Å²) in [5.41, 5.74) is 10.3. The lowest BCUT2D eigenvalue weighted by atomic mass is 9.62. The Balaban J connectivity index is 1.41. The van der Waals surface area contributed by atoms with Crippen molar-refractivity contribution in [3.8, 4) is 0 Å². The maximum absolute atomic E-state index is 11.1. The predicted octanol–water partition coefficient (Wildman–Crippen LogP) is 7.26. The fraction of sp³-hybridized carbons (Fsp3) is 0.500. The Morgan fingerprint density at radius 1 is 0.969 bits per heavy atom. The third kappa shape index (κ3) is 3.34. The van der Waals surface area contributed by atoms with Gasteiger partial charge >= 0.3 is 5.97 Å². The van der Waals surface area contributed by atoms with E-state index in [1.54, 1.807) is 34.4 Å². The molecular formula is C30H36O2. The number of fused-ring (bicyclic) bond motifs is 2. The summed E-state index contributed by atoms with van der Waals surface area (Å²) in [5, 5.41) is 9.10. The fourth-order valence-corrected chi connectivity index (χ4v) is 6.58. The molecule has 0 radical (unpaired) electrons. The Labute approximate surface area is 192 Å². The first-order valence-corrected chi connectivity index (χ1v) is 12.2. The van der Waals surface area contributed by atoms with E-state index in [0.717, 1.165) is 6.42 Å². The number of carbonyl (C=O) groups is 1. The number of benzene rings is 2. The molecule has 2 aromatic carbocycles. The van der Waals surface area contributed by atoms with Crippen LogP contribution in [-0.4, -0.2) is 11.1 Å². The van der Waals surface area contributed by atoms with Crippen LogP contribution in [-0.2, 0) is 22.7 Å². The van der Waals surface area contributed by atoms with E-state index in [1.165, 1.54) is 43.2 Å². The first-order chi connectivity index (χ1) is 15.0. The minimum Gasteiger partial charge on any atom is -0.478 e. The van der Waals surface area contributed by atoms with Crippen molar-refractivity contribution in [1.29, 1.82) is 0 Å². The minimum atomic E-state index is -0.861. The predicted molar refractivity (Wildman–Crippen MR) is 131 cm³/mol. The van der Waals surface area contributed by atoms with E-state index in [4.69, 9.17) is 5.11 Å². The van der Waals surface area contributed by atoms with Crippen molar-refractivity contribution in [3.05, 3.63) is 81.4 Å². The van der Waals surface area contributed by atoms with Crippen molar-refractivity contribution in [2.45, 2.75) is 89.4 Å². The molecule has 0 saturated heterocycles. The van der Waals surface area contributed by atoms with Gasteiger partial charge in [0.05, 0.1) is 5.56 Å². The molecule has 5 rings (SSSR count). The Bertz CT molecular complexity index is 1120. The highest BCUT2D eigenvalue weighted by atomic mass is 16.4. The number of hydrogen-bond donors (Lipinski definition) is 1. The average Bonchev–Trinajstić information content (AvgIpc) is 3.37. The van der Waals surface area contributed by atoms with E-state index < -0.39 is 5.97 Å². The lowest BCUT2D eigenvalue weighted by Gasteiger charge is -2.43. The van der Waals surface area contributed by atoms with Gasteiger partial charge in [-0.15, -0.1) is 0 Å². The molecule has 2 fully saturated rings. The van der Waals surface area contributed by atoms with E-state index in [0.29, 0.717) is 16.9 Å². The van der Waals surface area contributed by atoms with Crippen LogP contribution in [0.1, 0.15) is 98.0 Å². The molecule has 0 aromatic heterocycles. The van der Waals surface area contributed by atoms with Gasteiger partial charge in [-0.1, -0.05) is 63.6 Å². The van der Waals surface area contributed by atoms with Gasteiger partial charge in [-0.25, -0.2) is 4.79 Å². The third-order valence-corrected chi connectivity index (χ3v) is 8.92. The summed E-state index contributed by atoms with van der Waals surface area (Å²) in [4.78, 5) is 11.1. The van der Waals surface area contributed by atoms with Crippen LogP contribution >= 0.6 is 0 Å². The molecule has 0 aliphatic heterocycles. The highest BCUT2D eigenvalue weighted by Crippen LogP contribution is 2.67. The van der Waals surface area contributed by atoms with Gasteiger partial charge in [0, 0.05) is 5.41 Å². The van der Waals surface area contributed by atoms with E-state index in [2.05, 4.69) is 52.8 Å². The van der Waals surface area contributed by atoms with Gasteiger partial charge in [-0.05, 0) is 102 Å². The van der Waals surface area contributed by atoms with Crippen LogP contribution in [0.4, 0.5) is 0 Å². The van der Waals surface area contributed by atoms with Gasteiger partial charge in [0.25, 0.3) is 0 Å². The van der Waals surface area contributed by atoms with E-state index in [-0.39, 0.29) is 10.8 Å². The summed E-state index contributed by atoms with van der Waals surface area (Å²) in [5.74, 6) is -0.169. The molecule has 168 valence electrons. The van der Waals surface area contributed by atoms with Crippen LogP contribution in [0.2, 0.25) is 0 Å². The van der Waals surface area contributed by atoms with Crippen LogP contribution in [0, 0.1) is 12.8 Å². The van der Waals surface area contributed by atoms with Gasteiger partial charge in [-0.3, -0.25) is 0 Å². The second kappa shape index (κ2) is 7.07. The summed E-state index contributed by atoms with van der Waals surface area (Å²) < 4.78 is 0. The van der Waals surface area contributed by atoms with E-state index >= 15 is 0 Å². The zero-order chi connectivity index (χ0) is 22.9. The topological polar surface area (TPSA) is 37.3 Å². The molecule has 0 heterocycles. The Morgan fingerprint density at radius 2 is 1.59 bits per heavy atom. The Hall–Kier alpha value is -2.35. The quantitative estimate of drug-likeness (QED) is 0.520. The zero-order valence-corrected chi connectivity index (χ0v) is 20.2. The second-order valence-corrected chi connectivity index (χ2v) is 11.9. The van der Waals surface area contributed by atoms with Crippen molar-refractivity contribution in [1.82, 2.24) is 0 Å². The molecule has 32 heavy (non-hydrogen) atoms. The highest BCUT2D eigenvalue weighted by molar-refractivity contribution is 5.87. The summed E-state index contributed by atoms with van der Waals surface area (Å²) in [6.45, 7) is 12.0. The molecule has 2 saturated carbocycles. The minimum absolute atomic E-state index is 0.258. The first kappa shape index (κ1) is 21.5. The van der Waals surface area contributed by atoms with Crippen LogP contribution in [0.3, 0.4) is 0 Å². The van der Waals surface area contributed by atoms with Gasteiger partial charge < -0.3 is 5.11 Å². The zero-order valence-electron chi connectivity index (χ0n) is 20.2. The standard InChI is InChI=1S/C30H36O2/c1-19-16-24-25(29(4,5)15-14-28(24,2)3)17-23(19)30-13-12-21(26(30)18-30)9-6-20-7-10-22(11-8-20)27(31)32/h7-11,16-17,26H,6,12-15,18H2,1-5H3,(H,31,32). The Morgan fingerprint density at radius 3 is 2.19 bits per heavy atom. The van der Waals surface area contributed by atoms with E-state index in [9.17, 15) is 4.79 Å².